The van der Waals surface area contributed by atoms with Gasteiger partial charge in [0, 0.05) is 31.2 Å². The summed E-state index contributed by atoms with van der Waals surface area (Å²) >= 11 is 0. The summed E-state index contributed by atoms with van der Waals surface area (Å²) in [6.07, 6.45) is 2.97. The molecule has 26 heavy (non-hydrogen) atoms. The van der Waals surface area contributed by atoms with Crippen LogP contribution in [0.25, 0.3) is 0 Å². The van der Waals surface area contributed by atoms with Crippen LogP contribution >= 0.6 is 0 Å². The number of para-hydroxylation sites is 1. The summed E-state index contributed by atoms with van der Waals surface area (Å²) < 4.78 is 24.5. The maximum absolute atomic E-state index is 12.7. The smallest absolute Gasteiger partial charge is 0.249 e. The van der Waals surface area contributed by atoms with Gasteiger partial charge < -0.3 is 10.2 Å². The molecule has 0 aromatic heterocycles. The van der Waals surface area contributed by atoms with Crippen molar-refractivity contribution in [1.29, 1.82) is 0 Å². The SMILES string of the molecule is C[C@H](NC(=O)C1CCN(S(C)(=O)=O)CC1)C(=O)N1CCc2ccccc21. The van der Waals surface area contributed by atoms with Crippen molar-refractivity contribution in [3.05, 3.63) is 29.8 Å². The van der Waals surface area contributed by atoms with Crippen molar-refractivity contribution in [3.63, 3.8) is 0 Å². The Kier molecular flexibility index (Phi) is 5.34. The van der Waals surface area contributed by atoms with Crippen LogP contribution in [0.15, 0.2) is 24.3 Å². The molecular weight excluding hydrogens is 354 g/mol. The van der Waals surface area contributed by atoms with Gasteiger partial charge in [0.2, 0.25) is 21.8 Å². The van der Waals surface area contributed by atoms with Crippen LogP contribution in [-0.2, 0) is 26.0 Å². The minimum Gasteiger partial charge on any atom is -0.344 e. The van der Waals surface area contributed by atoms with Gasteiger partial charge in [-0.05, 0) is 37.8 Å². The number of hydrogen-bond acceptors (Lipinski definition) is 4. The number of carbonyl (C=O) groups is 2. The van der Waals surface area contributed by atoms with Crippen molar-refractivity contribution < 1.29 is 18.0 Å². The Morgan fingerprint density at radius 2 is 1.81 bits per heavy atom. The maximum Gasteiger partial charge on any atom is 0.249 e. The molecule has 1 atom stereocenters. The van der Waals surface area contributed by atoms with E-state index in [0.717, 1.165) is 17.7 Å². The molecule has 2 amide bonds. The fourth-order valence-corrected chi connectivity index (χ4v) is 4.52. The number of amides is 2. The summed E-state index contributed by atoms with van der Waals surface area (Å²) in [4.78, 5) is 26.9. The van der Waals surface area contributed by atoms with E-state index in [2.05, 4.69) is 5.32 Å². The fraction of sp³-hybridized carbons (Fsp3) is 0.556. The molecule has 0 spiro atoms. The first-order valence-electron chi connectivity index (χ1n) is 8.92. The van der Waals surface area contributed by atoms with E-state index in [1.807, 2.05) is 24.3 Å². The van der Waals surface area contributed by atoms with E-state index in [1.165, 1.54) is 10.6 Å². The number of anilines is 1. The van der Waals surface area contributed by atoms with Gasteiger partial charge in [0.05, 0.1) is 6.26 Å². The molecule has 0 unspecified atom stereocenters. The first-order valence-corrected chi connectivity index (χ1v) is 10.8. The molecule has 3 rings (SSSR count). The number of nitrogens with one attached hydrogen (secondary N) is 1. The van der Waals surface area contributed by atoms with Crippen LogP contribution in [0.3, 0.4) is 0 Å². The van der Waals surface area contributed by atoms with Crippen molar-refractivity contribution in [3.8, 4) is 0 Å². The Hall–Kier alpha value is -1.93. The summed E-state index contributed by atoms with van der Waals surface area (Å²) in [5.74, 6) is -0.544. The van der Waals surface area contributed by atoms with Gasteiger partial charge in [0.15, 0.2) is 0 Å². The second kappa shape index (κ2) is 7.36. The van der Waals surface area contributed by atoms with Crippen molar-refractivity contribution in [2.24, 2.45) is 5.92 Å². The minimum atomic E-state index is -3.21. The van der Waals surface area contributed by atoms with Gasteiger partial charge in [-0.25, -0.2) is 12.7 Å². The van der Waals surface area contributed by atoms with Crippen LogP contribution in [0.2, 0.25) is 0 Å². The van der Waals surface area contributed by atoms with Gasteiger partial charge in [-0.3, -0.25) is 9.59 Å². The third kappa shape index (κ3) is 3.91. The molecule has 1 N–H and O–H groups in total. The molecule has 1 fully saturated rings. The molecule has 0 radical (unpaired) electrons. The summed E-state index contributed by atoms with van der Waals surface area (Å²) in [5.41, 5.74) is 2.06. The summed E-state index contributed by atoms with van der Waals surface area (Å²) in [6, 6.07) is 7.20. The lowest BCUT2D eigenvalue weighted by Crippen LogP contribution is -2.50. The summed E-state index contributed by atoms with van der Waals surface area (Å²) in [5, 5.41) is 2.81. The van der Waals surface area contributed by atoms with Crippen LogP contribution in [0.5, 0.6) is 0 Å². The number of rotatable bonds is 4. The number of carbonyl (C=O) groups excluding carboxylic acids is 2. The predicted molar refractivity (Wildman–Crippen MR) is 99.2 cm³/mol. The number of hydrogen-bond donors (Lipinski definition) is 1. The lowest BCUT2D eigenvalue weighted by atomic mass is 9.97. The quantitative estimate of drug-likeness (QED) is 0.836. The monoisotopic (exact) mass is 379 g/mol. The Labute approximate surface area is 154 Å². The van der Waals surface area contributed by atoms with Gasteiger partial charge in [-0.2, -0.15) is 0 Å². The fourth-order valence-electron chi connectivity index (χ4n) is 3.64. The molecule has 2 heterocycles. The maximum atomic E-state index is 12.7. The molecule has 0 aliphatic carbocycles. The largest absolute Gasteiger partial charge is 0.344 e. The van der Waals surface area contributed by atoms with E-state index in [1.54, 1.807) is 11.8 Å². The van der Waals surface area contributed by atoms with Gasteiger partial charge in [0.1, 0.15) is 6.04 Å². The van der Waals surface area contributed by atoms with E-state index in [4.69, 9.17) is 0 Å². The molecule has 2 aliphatic rings. The van der Waals surface area contributed by atoms with E-state index in [-0.39, 0.29) is 17.7 Å². The number of fused-ring (bicyclic) bond motifs is 1. The molecule has 142 valence electrons. The van der Waals surface area contributed by atoms with E-state index >= 15 is 0 Å². The van der Waals surface area contributed by atoms with Gasteiger partial charge in [-0.1, -0.05) is 18.2 Å². The molecular formula is C18H25N3O4S. The topological polar surface area (TPSA) is 86.8 Å². The molecule has 0 bridgehead atoms. The Morgan fingerprint density at radius 1 is 1.15 bits per heavy atom. The first-order chi connectivity index (χ1) is 12.3. The summed E-state index contributed by atoms with van der Waals surface area (Å²) in [6.45, 7) is 3.02. The summed E-state index contributed by atoms with van der Waals surface area (Å²) in [7, 11) is -3.21. The molecule has 7 nitrogen and oxygen atoms in total. The highest BCUT2D eigenvalue weighted by atomic mass is 32.2. The Bertz CT molecular complexity index is 800. The van der Waals surface area contributed by atoms with E-state index in [9.17, 15) is 18.0 Å². The molecule has 2 aliphatic heterocycles. The van der Waals surface area contributed by atoms with Crippen molar-refractivity contribution in [2.45, 2.75) is 32.2 Å². The van der Waals surface area contributed by atoms with Crippen LogP contribution in [0, 0.1) is 5.92 Å². The standard InChI is InChI=1S/C18H25N3O4S/c1-13(18(23)21-12-9-14-5-3-4-6-16(14)21)19-17(22)15-7-10-20(11-8-15)26(2,24)25/h3-6,13,15H,7-12H2,1-2H3,(H,19,22)/t13-/m0/s1. The van der Waals surface area contributed by atoms with Crippen molar-refractivity contribution in [2.75, 3.05) is 30.8 Å². The average molecular weight is 379 g/mol. The zero-order valence-corrected chi connectivity index (χ0v) is 16.0. The number of benzene rings is 1. The highest BCUT2D eigenvalue weighted by molar-refractivity contribution is 7.88. The lowest BCUT2D eigenvalue weighted by molar-refractivity contribution is -0.130. The Balaban J connectivity index is 1.56. The molecule has 8 heteroatoms. The number of sulfonamides is 1. The highest BCUT2D eigenvalue weighted by Gasteiger charge is 2.32. The van der Waals surface area contributed by atoms with Crippen LogP contribution < -0.4 is 10.2 Å². The third-order valence-corrected chi connectivity index (χ3v) is 6.48. The highest BCUT2D eigenvalue weighted by Crippen LogP contribution is 2.28. The molecule has 1 aromatic rings. The average Bonchev–Trinajstić information content (AvgIpc) is 3.04. The second-order valence-corrected chi connectivity index (χ2v) is 9.02. The zero-order valence-electron chi connectivity index (χ0n) is 15.1. The van der Waals surface area contributed by atoms with Crippen LogP contribution in [0.1, 0.15) is 25.3 Å². The lowest BCUT2D eigenvalue weighted by Gasteiger charge is -2.30. The molecule has 1 aromatic carbocycles. The predicted octanol–water partition coefficient (Wildman–Crippen LogP) is 0.752. The van der Waals surface area contributed by atoms with Crippen LogP contribution in [-0.4, -0.2) is 56.5 Å². The number of nitrogens with zero attached hydrogens (tertiary/aromatic N) is 2. The molecule has 1 saturated heterocycles. The Morgan fingerprint density at radius 3 is 2.46 bits per heavy atom. The third-order valence-electron chi connectivity index (χ3n) is 5.18. The second-order valence-electron chi connectivity index (χ2n) is 7.04. The van der Waals surface area contributed by atoms with Crippen LogP contribution in [0.4, 0.5) is 5.69 Å². The van der Waals surface area contributed by atoms with Gasteiger partial charge >= 0.3 is 0 Å². The normalized spacial score (nSPS) is 19.8. The molecule has 0 saturated carbocycles. The van der Waals surface area contributed by atoms with E-state index < -0.39 is 16.1 Å². The van der Waals surface area contributed by atoms with Gasteiger partial charge in [-0.15, -0.1) is 0 Å². The van der Waals surface area contributed by atoms with Crippen molar-refractivity contribution in [1.82, 2.24) is 9.62 Å². The number of piperidine rings is 1. The first kappa shape index (κ1) is 18.8. The minimum absolute atomic E-state index is 0.114. The van der Waals surface area contributed by atoms with Crippen molar-refractivity contribution >= 4 is 27.5 Å². The van der Waals surface area contributed by atoms with E-state index in [0.29, 0.717) is 32.5 Å². The van der Waals surface area contributed by atoms with Gasteiger partial charge in [0.25, 0.3) is 0 Å². The zero-order chi connectivity index (χ0) is 18.9.